The van der Waals surface area contributed by atoms with Gasteiger partial charge in [-0.05, 0) is 98.3 Å². The molecule has 3 fully saturated rings. The van der Waals surface area contributed by atoms with E-state index < -0.39 is 65.3 Å². The number of fused-ring (bicyclic) bond motifs is 5. The van der Waals surface area contributed by atoms with Gasteiger partial charge in [-0.3, -0.25) is 24.0 Å². The number of aliphatic hydroxyl groups excluding tert-OH is 1. The number of phenolic OH excluding ortho intramolecular Hbond substituents is 1. The average Bonchev–Trinajstić information content (AvgIpc) is 3.39. The second kappa shape index (κ2) is 16.3. The fourth-order valence-electron chi connectivity index (χ4n) is 10.0. The molecular weight excluding hydrogens is 696 g/mol. The number of ketones is 2. The van der Waals surface area contributed by atoms with Gasteiger partial charge < -0.3 is 35.4 Å². The van der Waals surface area contributed by atoms with Crippen molar-refractivity contribution in [3.05, 3.63) is 41.5 Å². The van der Waals surface area contributed by atoms with Crippen LogP contribution in [0.15, 0.2) is 35.9 Å². The van der Waals surface area contributed by atoms with E-state index >= 15 is 0 Å². The summed E-state index contributed by atoms with van der Waals surface area (Å²) < 4.78 is 10.4. The molecule has 1 aromatic rings. The van der Waals surface area contributed by atoms with E-state index in [0.29, 0.717) is 24.8 Å². The molecule has 0 bridgehead atoms. The van der Waals surface area contributed by atoms with Crippen molar-refractivity contribution in [2.45, 2.75) is 123 Å². The van der Waals surface area contributed by atoms with Crippen LogP contribution in [0.2, 0.25) is 0 Å². The number of hydrogen-bond donors (Lipinski definition) is 5. The molecule has 9 atom stereocenters. The zero-order valence-electron chi connectivity index (χ0n) is 32.0. The standard InChI is InChI=1S/C41H56N2O11/c1-6-53-38(51)30(19-24-7-10-26(44)11-8-24)42-37(50)36(23(2)3)43-33(48)13-14-34(49)54-22-32(47)41(52)18-16-29-28-12-9-25-20-27(45)15-17-39(25,4)35(28)31(46)21-40(29,41)5/h7-8,10-11,20,23,28-31,35-36,44,46,52H,6,9,12-19,21-22H2,1-5H3,(H,42,50)(H,43,48)/t28-,29-,30+,31-,35+,36+,39-,40-,41-/m0/s1. The van der Waals surface area contributed by atoms with E-state index in [9.17, 15) is 44.1 Å². The Morgan fingerprint density at radius 3 is 2.33 bits per heavy atom. The van der Waals surface area contributed by atoms with Crippen molar-refractivity contribution in [2.24, 2.45) is 34.5 Å². The Kier molecular flexibility index (Phi) is 12.4. The molecule has 0 spiro atoms. The number of benzene rings is 1. The zero-order valence-corrected chi connectivity index (χ0v) is 32.0. The monoisotopic (exact) mass is 752 g/mol. The highest BCUT2D eigenvalue weighted by Crippen LogP contribution is 2.67. The summed E-state index contributed by atoms with van der Waals surface area (Å²) in [5.41, 5.74) is -1.27. The fourth-order valence-corrected chi connectivity index (χ4v) is 10.0. The third-order valence-corrected chi connectivity index (χ3v) is 13.0. The molecule has 0 unspecified atom stereocenters. The first-order valence-corrected chi connectivity index (χ1v) is 19.3. The first-order chi connectivity index (χ1) is 25.4. The molecule has 54 heavy (non-hydrogen) atoms. The highest BCUT2D eigenvalue weighted by atomic mass is 16.5. The van der Waals surface area contributed by atoms with Crippen molar-refractivity contribution < 1.29 is 53.6 Å². The number of esters is 2. The summed E-state index contributed by atoms with van der Waals surface area (Å²) in [7, 11) is 0. The lowest BCUT2D eigenvalue weighted by Crippen LogP contribution is -2.62. The van der Waals surface area contributed by atoms with Crippen LogP contribution in [-0.2, 0) is 44.7 Å². The highest BCUT2D eigenvalue weighted by Gasteiger charge is 2.68. The number of amides is 2. The van der Waals surface area contributed by atoms with Crippen molar-refractivity contribution >= 4 is 35.3 Å². The Balaban J connectivity index is 1.14. The number of Topliss-reactive ketones (excluding diaryl/α,β-unsaturated/α-hetero) is 1. The molecular formula is C41H56N2O11. The van der Waals surface area contributed by atoms with Gasteiger partial charge in [-0.1, -0.05) is 45.4 Å². The molecule has 0 aliphatic heterocycles. The molecule has 13 nitrogen and oxygen atoms in total. The maximum atomic E-state index is 13.6. The van der Waals surface area contributed by atoms with E-state index in [2.05, 4.69) is 17.6 Å². The Bertz CT molecular complexity index is 1660. The van der Waals surface area contributed by atoms with Crippen LogP contribution in [0, 0.1) is 34.5 Å². The summed E-state index contributed by atoms with van der Waals surface area (Å²) in [6, 6.07) is 4.06. The molecule has 2 amide bonds. The number of ether oxygens (including phenoxy) is 2. The minimum Gasteiger partial charge on any atom is -0.508 e. The van der Waals surface area contributed by atoms with Gasteiger partial charge >= 0.3 is 11.9 Å². The number of carbonyl (C=O) groups is 6. The van der Waals surface area contributed by atoms with Crippen molar-refractivity contribution in [1.29, 1.82) is 0 Å². The van der Waals surface area contributed by atoms with Gasteiger partial charge in [0.2, 0.25) is 17.6 Å². The van der Waals surface area contributed by atoms with Crippen LogP contribution >= 0.6 is 0 Å². The summed E-state index contributed by atoms with van der Waals surface area (Å²) in [4.78, 5) is 77.5. The Morgan fingerprint density at radius 2 is 1.67 bits per heavy atom. The number of aromatic hydroxyl groups is 1. The van der Waals surface area contributed by atoms with Gasteiger partial charge in [-0.2, -0.15) is 0 Å². The van der Waals surface area contributed by atoms with Crippen LogP contribution < -0.4 is 10.6 Å². The summed E-state index contributed by atoms with van der Waals surface area (Å²) in [6.07, 6.45) is 4.00. The molecule has 0 radical (unpaired) electrons. The molecule has 296 valence electrons. The van der Waals surface area contributed by atoms with E-state index in [0.717, 1.165) is 18.4 Å². The second-order valence-electron chi connectivity index (χ2n) is 16.5. The summed E-state index contributed by atoms with van der Waals surface area (Å²) in [5.74, 6) is -3.58. The number of phenols is 1. The van der Waals surface area contributed by atoms with Gasteiger partial charge in [0.15, 0.2) is 12.4 Å². The van der Waals surface area contributed by atoms with E-state index in [-0.39, 0.29) is 79.3 Å². The Hall–Kier alpha value is -4.10. The van der Waals surface area contributed by atoms with Gasteiger partial charge in [-0.25, -0.2) is 4.79 Å². The highest BCUT2D eigenvalue weighted by molar-refractivity contribution is 5.93. The normalized spacial score (nSPS) is 31.2. The molecule has 13 heteroatoms. The van der Waals surface area contributed by atoms with Gasteiger partial charge in [0, 0.05) is 24.7 Å². The lowest BCUT2D eigenvalue weighted by molar-refractivity contribution is -0.184. The van der Waals surface area contributed by atoms with Crippen molar-refractivity contribution in [3.8, 4) is 5.75 Å². The lowest BCUT2D eigenvalue weighted by Gasteiger charge is -2.60. The Labute approximate surface area is 316 Å². The SMILES string of the molecule is CCOC(=O)[C@@H](Cc1ccc(O)cc1)NC(=O)[C@H](NC(=O)CCC(=O)OCC(=O)[C@@]1(O)CC[C@H]2[C@@H]3CCC4=CC(=O)CC[C@]4(C)[C@H]3[C@@H](O)C[C@@]21C)C(C)C. The third kappa shape index (κ3) is 8.12. The summed E-state index contributed by atoms with van der Waals surface area (Å²) in [5, 5.41) is 38.5. The van der Waals surface area contributed by atoms with E-state index in [1.54, 1.807) is 39.0 Å². The maximum absolute atomic E-state index is 13.6. The number of nitrogens with one attached hydrogen (secondary N) is 2. The lowest BCUT2D eigenvalue weighted by atomic mass is 9.45. The number of allylic oxidation sites excluding steroid dienone is 1. The first kappa shape index (κ1) is 41.1. The largest absolute Gasteiger partial charge is 0.508 e. The van der Waals surface area contributed by atoms with Gasteiger partial charge in [-0.15, -0.1) is 0 Å². The second-order valence-corrected chi connectivity index (χ2v) is 16.5. The number of rotatable bonds is 14. The van der Waals surface area contributed by atoms with E-state index in [4.69, 9.17) is 9.47 Å². The summed E-state index contributed by atoms with van der Waals surface area (Å²) >= 11 is 0. The zero-order chi connectivity index (χ0) is 39.6. The topological polar surface area (TPSA) is 206 Å². The molecule has 4 aliphatic carbocycles. The Morgan fingerprint density at radius 1 is 0.963 bits per heavy atom. The summed E-state index contributed by atoms with van der Waals surface area (Å²) in [6.45, 7) is 8.49. The minimum absolute atomic E-state index is 0.0262. The van der Waals surface area contributed by atoms with E-state index in [1.807, 2.05) is 6.92 Å². The first-order valence-electron chi connectivity index (χ1n) is 19.3. The minimum atomic E-state index is -1.80. The number of carbonyl (C=O) groups excluding carboxylic acids is 6. The third-order valence-electron chi connectivity index (χ3n) is 13.0. The molecule has 1 aromatic carbocycles. The van der Waals surface area contributed by atoms with Crippen LogP contribution in [0.25, 0.3) is 0 Å². The molecule has 5 N–H and O–H groups in total. The smallest absolute Gasteiger partial charge is 0.328 e. The molecule has 0 aromatic heterocycles. The molecule has 3 saturated carbocycles. The quantitative estimate of drug-likeness (QED) is 0.175. The van der Waals surface area contributed by atoms with Crippen molar-refractivity contribution in [2.75, 3.05) is 13.2 Å². The molecule has 5 rings (SSSR count). The number of hydrogen-bond acceptors (Lipinski definition) is 11. The number of aliphatic hydroxyl groups is 2. The van der Waals surface area contributed by atoms with Crippen LogP contribution in [0.4, 0.5) is 0 Å². The molecule has 4 aliphatic rings. The van der Waals surface area contributed by atoms with Gasteiger partial charge in [0.25, 0.3) is 0 Å². The fraction of sp³-hybridized carbons (Fsp3) is 0.659. The predicted octanol–water partition coefficient (Wildman–Crippen LogP) is 3.25. The maximum Gasteiger partial charge on any atom is 0.328 e. The molecule has 0 saturated heterocycles. The van der Waals surface area contributed by atoms with Crippen LogP contribution in [-0.4, -0.2) is 87.6 Å². The average molecular weight is 753 g/mol. The van der Waals surface area contributed by atoms with Gasteiger partial charge in [0.1, 0.15) is 23.4 Å². The van der Waals surface area contributed by atoms with Crippen molar-refractivity contribution in [3.63, 3.8) is 0 Å². The van der Waals surface area contributed by atoms with Crippen molar-refractivity contribution in [1.82, 2.24) is 10.6 Å². The van der Waals surface area contributed by atoms with Crippen LogP contribution in [0.3, 0.4) is 0 Å². The van der Waals surface area contributed by atoms with Crippen LogP contribution in [0.1, 0.15) is 98.0 Å². The van der Waals surface area contributed by atoms with E-state index in [1.165, 1.54) is 12.1 Å². The van der Waals surface area contributed by atoms with Gasteiger partial charge in [0.05, 0.1) is 19.1 Å². The molecule has 0 heterocycles. The van der Waals surface area contributed by atoms with Crippen LogP contribution in [0.5, 0.6) is 5.75 Å². The predicted molar refractivity (Wildman–Crippen MR) is 195 cm³/mol.